The van der Waals surface area contributed by atoms with Gasteiger partial charge in [-0.1, -0.05) is 0 Å². The van der Waals surface area contributed by atoms with Crippen LogP contribution in [0.1, 0.15) is 32.7 Å². The van der Waals surface area contributed by atoms with Crippen molar-refractivity contribution in [1.29, 1.82) is 0 Å². The van der Waals surface area contributed by atoms with Crippen LogP contribution in [-0.2, 0) is 33.4 Å². The molecule has 3 rings (SSSR count). The van der Waals surface area contributed by atoms with E-state index in [9.17, 15) is 22.8 Å². The number of alkyl halides is 3. The Hall–Kier alpha value is -2.58. The molecule has 9 heteroatoms. The van der Waals surface area contributed by atoms with Crippen molar-refractivity contribution in [3.63, 3.8) is 0 Å². The predicted octanol–water partition coefficient (Wildman–Crippen LogP) is 1.60. The molecule has 0 spiro atoms. The zero-order valence-electron chi connectivity index (χ0n) is 13.3. The second kappa shape index (κ2) is 5.22. The van der Waals surface area contributed by atoms with Crippen molar-refractivity contribution in [3.05, 3.63) is 50.7 Å². The number of nitrogens with zero attached hydrogens (tertiary/aromatic N) is 4. The Kier molecular flexibility index (Phi) is 3.54. The number of pyridine rings is 1. The van der Waals surface area contributed by atoms with Crippen LogP contribution in [0.4, 0.5) is 13.2 Å². The van der Waals surface area contributed by atoms with E-state index < -0.39 is 17.3 Å². The van der Waals surface area contributed by atoms with Gasteiger partial charge in [-0.05, 0) is 18.1 Å². The van der Waals surface area contributed by atoms with Crippen molar-refractivity contribution in [3.8, 4) is 0 Å². The van der Waals surface area contributed by atoms with Crippen LogP contribution in [0.5, 0.6) is 0 Å². The minimum absolute atomic E-state index is 0.0338. The SMILES string of the molecule is Cc1c2c(n(C)c(=O)c1C(F)(F)F)CN(C(=O)c1cnn(C)c1)C2. The maximum Gasteiger partial charge on any atom is 0.421 e. The maximum atomic E-state index is 13.2. The van der Waals surface area contributed by atoms with Gasteiger partial charge < -0.3 is 9.47 Å². The molecule has 1 aliphatic heterocycles. The van der Waals surface area contributed by atoms with Crippen molar-refractivity contribution in [1.82, 2.24) is 19.2 Å². The number of hydrogen-bond donors (Lipinski definition) is 0. The third-order valence-corrected chi connectivity index (χ3v) is 4.31. The molecule has 0 unspecified atom stereocenters. The first-order chi connectivity index (χ1) is 11.1. The Morgan fingerprint density at radius 3 is 2.46 bits per heavy atom. The van der Waals surface area contributed by atoms with E-state index in [-0.39, 0.29) is 24.6 Å². The van der Waals surface area contributed by atoms with E-state index in [0.717, 1.165) is 4.57 Å². The van der Waals surface area contributed by atoms with E-state index in [1.165, 1.54) is 29.7 Å². The van der Waals surface area contributed by atoms with Crippen molar-refractivity contribution in [2.24, 2.45) is 14.1 Å². The van der Waals surface area contributed by atoms with Crippen LogP contribution in [0.3, 0.4) is 0 Å². The molecule has 24 heavy (non-hydrogen) atoms. The summed E-state index contributed by atoms with van der Waals surface area (Å²) in [7, 11) is 2.97. The second-order valence-electron chi connectivity index (χ2n) is 5.85. The average Bonchev–Trinajstić information content (AvgIpc) is 3.09. The van der Waals surface area contributed by atoms with Crippen molar-refractivity contribution < 1.29 is 18.0 Å². The third-order valence-electron chi connectivity index (χ3n) is 4.31. The summed E-state index contributed by atoms with van der Waals surface area (Å²) in [5, 5.41) is 3.92. The predicted molar refractivity (Wildman–Crippen MR) is 78.2 cm³/mol. The van der Waals surface area contributed by atoms with Gasteiger partial charge in [0.15, 0.2) is 0 Å². The van der Waals surface area contributed by atoms with E-state index in [2.05, 4.69) is 5.10 Å². The molecule has 1 aliphatic rings. The number of rotatable bonds is 1. The fourth-order valence-electron chi connectivity index (χ4n) is 3.05. The minimum Gasteiger partial charge on any atom is -0.328 e. The van der Waals surface area contributed by atoms with Crippen molar-refractivity contribution in [2.75, 3.05) is 0 Å². The van der Waals surface area contributed by atoms with Crippen LogP contribution in [-0.4, -0.2) is 25.2 Å². The molecule has 0 bridgehead atoms. The topological polar surface area (TPSA) is 60.1 Å². The molecule has 0 saturated heterocycles. The van der Waals surface area contributed by atoms with Crippen LogP contribution >= 0.6 is 0 Å². The average molecular weight is 340 g/mol. The Morgan fingerprint density at radius 2 is 1.92 bits per heavy atom. The molecule has 128 valence electrons. The summed E-state index contributed by atoms with van der Waals surface area (Å²) in [6.45, 7) is 1.40. The third kappa shape index (κ3) is 2.40. The molecule has 0 fully saturated rings. The van der Waals surface area contributed by atoms with Gasteiger partial charge in [-0.15, -0.1) is 0 Å². The van der Waals surface area contributed by atoms with Gasteiger partial charge in [0.05, 0.1) is 18.3 Å². The fourth-order valence-corrected chi connectivity index (χ4v) is 3.05. The Labute approximate surface area is 135 Å². The van der Waals surface area contributed by atoms with Gasteiger partial charge in [0.2, 0.25) is 0 Å². The maximum absolute atomic E-state index is 13.2. The number of halogens is 3. The lowest BCUT2D eigenvalue weighted by Gasteiger charge is -2.15. The lowest BCUT2D eigenvalue weighted by atomic mass is 10.0. The first-order valence-electron chi connectivity index (χ1n) is 7.17. The Bertz CT molecular complexity index is 895. The monoisotopic (exact) mass is 340 g/mol. The van der Waals surface area contributed by atoms with E-state index in [4.69, 9.17) is 0 Å². The van der Waals surface area contributed by atoms with Crippen LogP contribution in [0.25, 0.3) is 0 Å². The molecule has 1 amide bonds. The number of amides is 1. The molecule has 0 aromatic carbocycles. The van der Waals surface area contributed by atoms with E-state index in [0.29, 0.717) is 16.8 Å². The summed E-state index contributed by atoms with van der Waals surface area (Å²) in [6.07, 6.45) is -1.79. The number of fused-ring (bicyclic) bond motifs is 1. The van der Waals surface area contributed by atoms with Gasteiger partial charge >= 0.3 is 6.18 Å². The standard InChI is InChI=1S/C15H15F3N4O2/c1-8-10-6-22(13(23)9-4-19-20(2)5-9)7-11(10)21(3)14(24)12(8)15(16,17)18/h4-5H,6-7H2,1-3H3. The van der Waals surface area contributed by atoms with Crippen molar-refractivity contribution >= 4 is 5.91 Å². The summed E-state index contributed by atoms with van der Waals surface area (Å²) in [4.78, 5) is 26.0. The first-order valence-corrected chi connectivity index (χ1v) is 7.17. The second-order valence-corrected chi connectivity index (χ2v) is 5.85. The van der Waals surface area contributed by atoms with Crippen LogP contribution < -0.4 is 5.56 Å². The number of aryl methyl sites for hydroxylation is 1. The van der Waals surface area contributed by atoms with Crippen LogP contribution in [0.2, 0.25) is 0 Å². The molecule has 2 aromatic rings. The van der Waals surface area contributed by atoms with Gasteiger partial charge in [-0.3, -0.25) is 14.3 Å². The fraction of sp³-hybridized carbons (Fsp3) is 0.400. The van der Waals surface area contributed by atoms with Crippen LogP contribution in [0, 0.1) is 6.92 Å². The molecule has 0 radical (unpaired) electrons. The normalized spacial score (nSPS) is 14.2. The largest absolute Gasteiger partial charge is 0.421 e. The summed E-state index contributed by atoms with van der Waals surface area (Å²) < 4.78 is 42.0. The first kappa shape index (κ1) is 16.3. The van der Waals surface area contributed by atoms with Crippen molar-refractivity contribution in [2.45, 2.75) is 26.2 Å². The molecule has 3 heterocycles. The molecule has 0 N–H and O–H groups in total. The summed E-state index contributed by atoms with van der Waals surface area (Å²) in [5.41, 5.74) is -1.20. The molecule has 0 aliphatic carbocycles. The number of aromatic nitrogens is 3. The molecular weight excluding hydrogens is 325 g/mol. The number of carbonyl (C=O) groups excluding carboxylic acids is 1. The summed E-state index contributed by atoms with van der Waals surface area (Å²) >= 11 is 0. The molecule has 0 saturated carbocycles. The quantitative estimate of drug-likeness (QED) is 0.792. The molecule has 2 aromatic heterocycles. The zero-order valence-corrected chi connectivity index (χ0v) is 13.3. The van der Waals surface area contributed by atoms with Gasteiger partial charge in [-0.25, -0.2) is 0 Å². The lowest BCUT2D eigenvalue weighted by Crippen LogP contribution is -2.31. The number of carbonyl (C=O) groups is 1. The highest BCUT2D eigenvalue weighted by Crippen LogP contribution is 2.34. The van der Waals surface area contributed by atoms with E-state index >= 15 is 0 Å². The minimum atomic E-state index is -4.73. The van der Waals surface area contributed by atoms with E-state index in [1.807, 2.05) is 0 Å². The molecular formula is C15H15F3N4O2. The van der Waals surface area contributed by atoms with Gasteiger partial charge in [0, 0.05) is 32.5 Å². The smallest absolute Gasteiger partial charge is 0.328 e. The highest BCUT2D eigenvalue weighted by molar-refractivity contribution is 5.94. The molecule has 0 atom stereocenters. The van der Waals surface area contributed by atoms with Gasteiger partial charge in [0.1, 0.15) is 5.56 Å². The summed E-state index contributed by atoms with van der Waals surface area (Å²) in [5.74, 6) is -0.334. The Morgan fingerprint density at radius 1 is 1.25 bits per heavy atom. The highest BCUT2D eigenvalue weighted by Gasteiger charge is 2.40. The molecule has 6 nitrogen and oxygen atoms in total. The highest BCUT2D eigenvalue weighted by atomic mass is 19.4. The Balaban J connectivity index is 2.04. The van der Waals surface area contributed by atoms with Gasteiger partial charge in [-0.2, -0.15) is 18.3 Å². The zero-order chi connectivity index (χ0) is 17.8. The van der Waals surface area contributed by atoms with Gasteiger partial charge in [0.25, 0.3) is 11.5 Å². The van der Waals surface area contributed by atoms with E-state index in [1.54, 1.807) is 13.2 Å². The summed E-state index contributed by atoms with van der Waals surface area (Å²) in [6, 6.07) is 0. The van der Waals surface area contributed by atoms with Crippen LogP contribution in [0.15, 0.2) is 17.2 Å². The lowest BCUT2D eigenvalue weighted by molar-refractivity contribution is -0.139. The number of hydrogen-bond acceptors (Lipinski definition) is 3.